The minimum Gasteiger partial charge on any atom is -0.461 e. The molecule has 2 aliphatic heterocycles. The summed E-state index contributed by atoms with van der Waals surface area (Å²) in [4.78, 5) is 25.9. The first-order valence-electron chi connectivity index (χ1n) is 12.3. The predicted octanol–water partition coefficient (Wildman–Crippen LogP) is 7.61. The van der Waals surface area contributed by atoms with Gasteiger partial charge in [0.1, 0.15) is 13.2 Å². The Morgan fingerprint density at radius 1 is 0.789 bits per heavy atom. The van der Waals surface area contributed by atoms with Crippen LogP contribution in [0, 0.1) is 0 Å². The summed E-state index contributed by atoms with van der Waals surface area (Å²) in [6, 6.07) is 13.4. The average molecular weight is 625 g/mol. The Morgan fingerprint density at radius 3 is 1.66 bits per heavy atom. The molecule has 0 bridgehead atoms. The minimum absolute atomic E-state index is 0.298. The molecule has 0 spiro atoms. The lowest BCUT2D eigenvalue weighted by molar-refractivity contribution is -0.139. The number of fused-ring (bicyclic) bond motifs is 1. The zero-order valence-electron chi connectivity index (χ0n) is 21.5. The topological polar surface area (TPSA) is 52.6 Å². The molecule has 2 aromatic rings. The van der Waals surface area contributed by atoms with E-state index in [0.717, 1.165) is 23.0 Å². The summed E-state index contributed by atoms with van der Waals surface area (Å²) in [5, 5.41) is 3.23. The van der Waals surface area contributed by atoms with Crippen molar-refractivity contribution < 1.29 is 19.1 Å². The summed E-state index contributed by atoms with van der Waals surface area (Å²) in [5.74, 6) is 3.48. The largest absolute Gasteiger partial charge is 0.461 e. The van der Waals surface area contributed by atoms with Crippen LogP contribution in [0.5, 0.6) is 0 Å². The number of hydrogen-bond donors (Lipinski definition) is 0. The molecule has 0 aromatic heterocycles. The van der Waals surface area contributed by atoms with Crippen LogP contribution in [0.15, 0.2) is 70.5 Å². The normalized spacial score (nSPS) is 22.9. The van der Waals surface area contributed by atoms with Gasteiger partial charge >= 0.3 is 11.9 Å². The average Bonchev–Trinajstić information content (AvgIpc) is 3.56. The summed E-state index contributed by atoms with van der Waals surface area (Å²) in [7, 11) is 0. The third-order valence-corrected chi connectivity index (χ3v) is 15.2. The number of hydrogen-bond acceptors (Lipinski definition) is 10. The highest BCUT2D eigenvalue weighted by Gasteiger charge is 2.28. The molecular formula is C28H32O4S6. The van der Waals surface area contributed by atoms with E-state index in [-0.39, 0.29) is 11.9 Å². The highest BCUT2D eigenvalue weighted by atomic mass is 32.2. The third kappa shape index (κ3) is 9.13. The summed E-state index contributed by atoms with van der Waals surface area (Å²) in [6.45, 7) is 11.6. The van der Waals surface area contributed by atoms with Crippen molar-refractivity contribution in [1.82, 2.24) is 0 Å². The number of esters is 2. The second-order valence-electron chi connectivity index (χ2n) is 9.09. The first-order valence-corrected chi connectivity index (χ1v) is 18.2. The zero-order chi connectivity index (χ0) is 27.1. The van der Waals surface area contributed by atoms with Crippen LogP contribution in [-0.2, 0) is 19.1 Å². The Hall–Kier alpha value is -0.780. The van der Waals surface area contributed by atoms with E-state index < -0.39 is 0 Å². The van der Waals surface area contributed by atoms with Gasteiger partial charge in [0.25, 0.3) is 0 Å². The van der Waals surface area contributed by atoms with E-state index in [4.69, 9.17) is 9.47 Å². The third-order valence-electron chi connectivity index (χ3n) is 5.68. The number of carbonyl (C=O) groups is 2. The van der Waals surface area contributed by atoms with Gasteiger partial charge < -0.3 is 9.47 Å². The van der Waals surface area contributed by atoms with Gasteiger partial charge in [-0.3, -0.25) is 0 Å². The van der Waals surface area contributed by atoms with Crippen LogP contribution in [0.25, 0.3) is 10.8 Å². The van der Waals surface area contributed by atoms with Crippen LogP contribution < -0.4 is 0 Å². The van der Waals surface area contributed by atoms with Gasteiger partial charge in [0, 0.05) is 54.4 Å². The number of rotatable bonds is 12. The summed E-state index contributed by atoms with van der Waals surface area (Å²) in [6.07, 6.45) is 0. The molecule has 4 rings (SSSR count). The molecule has 4 unspecified atom stereocenters. The van der Waals surface area contributed by atoms with E-state index in [1.165, 1.54) is 20.6 Å². The first-order chi connectivity index (χ1) is 18.3. The highest BCUT2D eigenvalue weighted by molar-refractivity contribution is 8.22. The fourth-order valence-corrected chi connectivity index (χ4v) is 12.6. The van der Waals surface area contributed by atoms with Crippen molar-refractivity contribution in [1.29, 1.82) is 0 Å². The number of ether oxygens (including phenoxy) is 2. The molecule has 10 heteroatoms. The lowest BCUT2D eigenvalue weighted by Gasteiger charge is -2.12. The highest BCUT2D eigenvalue weighted by Crippen LogP contribution is 2.42. The Balaban J connectivity index is 1.22. The maximum atomic E-state index is 11.6. The molecule has 38 heavy (non-hydrogen) atoms. The van der Waals surface area contributed by atoms with Gasteiger partial charge in [0.2, 0.25) is 0 Å². The summed E-state index contributed by atoms with van der Waals surface area (Å²) in [5.41, 5.74) is 0.906. The number of benzene rings is 2. The monoisotopic (exact) mass is 624 g/mol. The van der Waals surface area contributed by atoms with Gasteiger partial charge in [-0.15, -0.1) is 70.6 Å². The fourth-order valence-electron chi connectivity index (χ4n) is 3.66. The smallest absolute Gasteiger partial charge is 0.333 e. The minimum atomic E-state index is -0.298. The molecule has 0 radical (unpaired) electrons. The van der Waals surface area contributed by atoms with Crippen LogP contribution in [0.2, 0.25) is 0 Å². The molecular weight excluding hydrogens is 593 g/mol. The van der Waals surface area contributed by atoms with E-state index in [2.05, 4.69) is 49.6 Å². The predicted molar refractivity (Wildman–Crippen MR) is 172 cm³/mol. The van der Waals surface area contributed by atoms with E-state index in [9.17, 15) is 9.59 Å². The molecule has 0 saturated carbocycles. The molecule has 0 N–H and O–H groups in total. The van der Waals surface area contributed by atoms with E-state index in [1.807, 2.05) is 70.6 Å². The van der Waals surface area contributed by atoms with Gasteiger partial charge in [-0.1, -0.05) is 25.3 Å². The van der Waals surface area contributed by atoms with Crippen molar-refractivity contribution in [3.05, 3.63) is 60.7 Å². The maximum absolute atomic E-state index is 11.6. The van der Waals surface area contributed by atoms with Crippen LogP contribution in [0.4, 0.5) is 0 Å². The molecule has 2 saturated heterocycles. The van der Waals surface area contributed by atoms with Crippen LogP contribution in [-0.4, -0.2) is 67.8 Å². The molecule has 0 amide bonds. The first kappa shape index (κ1) is 30.2. The second kappa shape index (κ2) is 14.7. The number of thioether (sulfide) groups is 6. The van der Waals surface area contributed by atoms with Gasteiger partial charge in [-0.25, -0.2) is 9.59 Å². The molecule has 0 aliphatic carbocycles. The Bertz CT molecular complexity index is 1100. The molecule has 2 fully saturated rings. The van der Waals surface area contributed by atoms with Gasteiger partial charge in [-0.2, -0.15) is 0 Å². The second-order valence-corrected chi connectivity index (χ2v) is 17.4. The Kier molecular flexibility index (Phi) is 11.7. The van der Waals surface area contributed by atoms with Crippen LogP contribution >= 0.6 is 70.6 Å². The molecule has 4 nitrogen and oxygen atoms in total. The van der Waals surface area contributed by atoms with Crippen molar-refractivity contribution in [2.45, 2.75) is 43.3 Å². The molecule has 204 valence electrons. The van der Waals surface area contributed by atoms with Crippen molar-refractivity contribution in [3.8, 4) is 0 Å². The maximum Gasteiger partial charge on any atom is 0.333 e. The molecule has 4 atom stereocenters. The van der Waals surface area contributed by atoms with Crippen LogP contribution in [0.1, 0.15) is 13.8 Å². The van der Waals surface area contributed by atoms with E-state index >= 15 is 0 Å². The SMILES string of the molecule is C=C(C)C(=O)OCC1CSC(CSc2ccc3ccc(SCC4SCC(COC(=O)C(=C)C)S4)cc3c2)S1. The van der Waals surface area contributed by atoms with E-state index in [1.54, 1.807) is 13.8 Å². The fraction of sp³-hybridized carbons (Fsp3) is 0.429. The van der Waals surface area contributed by atoms with Crippen LogP contribution in [0.3, 0.4) is 0 Å². The van der Waals surface area contributed by atoms with Crippen molar-refractivity contribution in [2.24, 2.45) is 0 Å². The molecule has 2 aliphatic rings. The Labute approximate surface area is 251 Å². The van der Waals surface area contributed by atoms with Gasteiger partial charge in [0.15, 0.2) is 0 Å². The van der Waals surface area contributed by atoms with Gasteiger partial charge in [0.05, 0.1) is 9.16 Å². The lowest BCUT2D eigenvalue weighted by Crippen LogP contribution is -2.16. The van der Waals surface area contributed by atoms with Crippen molar-refractivity contribution >= 4 is 93.3 Å². The van der Waals surface area contributed by atoms with Gasteiger partial charge in [-0.05, 0) is 48.9 Å². The standard InChI is InChI=1S/C28H32O4S6/c1-17(2)27(29)31-11-23-13-35-25(37-23)15-33-21-7-5-19-6-8-22(10-20(19)9-21)34-16-26-36-14-24(38-26)12-32-28(30)18(3)4/h5-10,23-26H,1,3,11-16H2,2,4H3. The van der Waals surface area contributed by atoms with Crippen molar-refractivity contribution in [2.75, 3.05) is 36.2 Å². The summed E-state index contributed by atoms with van der Waals surface area (Å²) < 4.78 is 11.7. The van der Waals surface area contributed by atoms with Crippen molar-refractivity contribution in [3.63, 3.8) is 0 Å². The number of carbonyl (C=O) groups excluding carboxylic acids is 2. The zero-order valence-corrected chi connectivity index (χ0v) is 26.4. The molecule has 2 aromatic carbocycles. The molecule has 2 heterocycles. The lowest BCUT2D eigenvalue weighted by atomic mass is 10.1. The quantitative estimate of drug-likeness (QED) is 0.134. The Morgan fingerprint density at radius 2 is 1.24 bits per heavy atom. The summed E-state index contributed by atoms with van der Waals surface area (Å²) >= 11 is 11.5. The van der Waals surface area contributed by atoms with E-state index in [0.29, 0.717) is 44.0 Å².